The highest BCUT2D eigenvalue weighted by molar-refractivity contribution is 7.91. The van der Waals surface area contributed by atoms with Crippen molar-refractivity contribution in [3.63, 3.8) is 0 Å². The van der Waals surface area contributed by atoms with Gasteiger partial charge in [-0.15, -0.1) is 0 Å². The van der Waals surface area contributed by atoms with E-state index in [0.717, 1.165) is 17.5 Å². The Bertz CT molecular complexity index is 1770. The standard InChI is InChI=1S/C32H40FN3O7S/c1-17-20-9-8-14-42-27(20)23(33)15-21(17)26-22-16-24(30(37)36-12-10-19(11-13-36)44(7,40)41)35(6)29(22)34-18(2)25(26)28(31(38)39)43-32(3,4)5/h15-16,19,28H,8-14H2,1-7H3,(H,38,39)/t28-/m0/s1. The van der Waals surface area contributed by atoms with E-state index >= 15 is 4.39 Å². The summed E-state index contributed by atoms with van der Waals surface area (Å²) in [4.78, 5) is 33.0. The summed E-state index contributed by atoms with van der Waals surface area (Å²) in [5, 5.41) is 10.4. The lowest BCUT2D eigenvalue weighted by atomic mass is 9.86. The van der Waals surface area contributed by atoms with Crippen molar-refractivity contribution in [2.75, 3.05) is 26.0 Å². The summed E-state index contributed by atoms with van der Waals surface area (Å²) in [5.41, 5.74) is 3.00. The molecule has 0 saturated carbocycles. The van der Waals surface area contributed by atoms with Crippen molar-refractivity contribution in [2.45, 2.75) is 77.3 Å². The van der Waals surface area contributed by atoms with Crippen LogP contribution < -0.4 is 4.74 Å². The molecule has 1 saturated heterocycles. The number of ether oxygens (including phenoxy) is 2. The molecule has 1 aromatic carbocycles. The molecule has 10 nitrogen and oxygen atoms in total. The van der Waals surface area contributed by atoms with Crippen molar-refractivity contribution >= 4 is 32.7 Å². The van der Waals surface area contributed by atoms with Gasteiger partial charge in [-0.3, -0.25) is 4.79 Å². The zero-order valence-corrected chi connectivity index (χ0v) is 27.1. The lowest BCUT2D eigenvalue weighted by Crippen LogP contribution is -2.42. The zero-order valence-electron chi connectivity index (χ0n) is 26.3. The topological polar surface area (TPSA) is 128 Å². The first kappa shape index (κ1) is 31.9. The van der Waals surface area contributed by atoms with E-state index in [1.807, 2.05) is 6.92 Å². The third kappa shape index (κ3) is 5.81. The Morgan fingerprint density at radius 1 is 1.18 bits per heavy atom. The minimum Gasteiger partial charge on any atom is -0.490 e. The van der Waals surface area contributed by atoms with Gasteiger partial charge in [0.05, 0.1) is 17.5 Å². The van der Waals surface area contributed by atoms with Gasteiger partial charge in [0.1, 0.15) is 21.2 Å². The quantitative estimate of drug-likeness (QED) is 0.408. The maximum absolute atomic E-state index is 15.6. The molecule has 2 aliphatic heterocycles. The molecule has 1 fully saturated rings. The number of halogens is 1. The predicted molar refractivity (Wildman–Crippen MR) is 164 cm³/mol. The third-order valence-corrected chi connectivity index (χ3v) is 10.3. The number of carboxylic acids is 1. The largest absolute Gasteiger partial charge is 0.490 e. The van der Waals surface area contributed by atoms with Crippen LogP contribution in [0.2, 0.25) is 0 Å². The molecule has 12 heteroatoms. The van der Waals surface area contributed by atoms with Gasteiger partial charge >= 0.3 is 5.97 Å². The van der Waals surface area contributed by atoms with E-state index in [9.17, 15) is 23.1 Å². The van der Waals surface area contributed by atoms with E-state index in [1.54, 1.807) is 50.3 Å². The molecule has 1 atom stereocenters. The van der Waals surface area contributed by atoms with Gasteiger partial charge in [0.2, 0.25) is 0 Å². The van der Waals surface area contributed by atoms with Crippen LogP contribution >= 0.6 is 0 Å². The number of hydrogen-bond donors (Lipinski definition) is 1. The Morgan fingerprint density at radius 3 is 2.43 bits per heavy atom. The number of nitrogens with zero attached hydrogens (tertiary/aromatic N) is 3. The number of hydrogen-bond acceptors (Lipinski definition) is 7. The Balaban J connectivity index is 1.75. The van der Waals surface area contributed by atoms with Crippen LogP contribution in [0.4, 0.5) is 4.39 Å². The molecule has 0 unspecified atom stereocenters. The van der Waals surface area contributed by atoms with E-state index in [2.05, 4.69) is 0 Å². The number of fused-ring (bicyclic) bond motifs is 2. The van der Waals surface area contributed by atoms with E-state index in [4.69, 9.17) is 14.5 Å². The second-order valence-corrected chi connectivity index (χ2v) is 15.2. The van der Waals surface area contributed by atoms with Gasteiger partial charge in [0.25, 0.3) is 5.91 Å². The number of aliphatic carboxylic acids is 1. The summed E-state index contributed by atoms with van der Waals surface area (Å²) in [6, 6.07) is 3.05. The molecule has 238 valence electrons. The molecule has 5 rings (SSSR count). The Hall–Kier alpha value is -3.51. The van der Waals surface area contributed by atoms with Crippen molar-refractivity contribution in [3.8, 4) is 16.9 Å². The van der Waals surface area contributed by atoms with Crippen LogP contribution in [0.3, 0.4) is 0 Å². The third-order valence-electron chi connectivity index (χ3n) is 8.62. The highest BCUT2D eigenvalue weighted by atomic mass is 32.2. The Kier molecular flexibility index (Phi) is 8.30. The van der Waals surface area contributed by atoms with Crippen molar-refractivity contribution < 1.29 is 37.0 Å². The van der Waals surface area contributed by atoms with E-state index in [1.165, 1.54) is 12.3 Å². The number of sulfone groups is 1. The SMILES string of the molecule is Cc1nc2c(cc(C(=O)N3CCC(S(C)(=O)=O)CC3)n2C)c(-c2cc(F)c3c(c2C)CCCO3)c1[C@H](OC(C)(C)C)C(=O)O. The monoisotopic (exact) mass is 629 g/mol. The second kappa shape index (κ2) is 11.4. The van der Waals surface area contributed by atoms with Crippen LogP contribution in [0.1, 0.15) is 79.0 Å². The number of piperidine rings is 1. The minimum absolute atomic E-state index is 0.211. The molecule has 0 aliphatic carbocycles. The molecule has 0 radical (unpaired) electrons. The lowest BCUT2D eigenvalue weighted by Gasteiger charge is -2.31. The molecule has 1 N–H and O–H groups in total. The normalized spacial score (nSPS) is 17.0. The van der Waals surface area contributed by atoms with Crippen molar-refractivity contribution in [3.05, 3.63) is 46.0 Å². The summed E-state index contributed by atoms with van der Waals surface area (Å²) in [7, 11) is -1.50. The van der Waals surface area contributed by atoms with Gasteiger partial charge < -0.3 is 24.0 Å². The maximum Gasteiger partial charge on any atom is 0.337 e. The summed E-state index contributed by atoms with van der Waals surface area (Å²) < 4.78 is 53.2. The van der Waals surface area contributed by atoms with Crippen LogP contribution in [0.25, 0.3) is 22.2 Å². The minimum atomic E-state index is -3.21. The van der Waals surface area contributed by atoms with Crippen molar-refractivity contribution in [1.82, 2.24) is 14.5 Å². The summed E-state index contributed by atoms with van der Waals surface area (Å²) >= 11 is 0. The molecule has 0 bridgehead atoms. The maximum atomic E-state index is 15.6. The highest BCUT2D eigenvalue weighted by Crippen LogP contribution is 2.45. The first-order valence-corrected chi connectivity index (χ1v) is 16.8. The fraction of sp³-hybridized carbons (Fsp3) is 0.531. The number of carboxylic acid groups (broad SMARTS) is 1. The smallest absolute Gasteiger partial charge is 0.337 e. The van der Waals surface area contributed by atoms with Crippen LogP contribution in [0.15, 0.2) is 12.1 Å². The van der Waals surface area contributed by atoms with Crippen LogP contribution in [-0.4, -0.2) is 76.7 Å². The number of pyridine rings is 1. The van der Waals surface area contributed by atoms with E-state index in [-0.39, 0.29) is 30.3 Å². The number of carbonyl (C=O) groups excluding carboxylic acids is 1. The molecule has 2 aliphatic rings. The fourth-order valence-electron chi connectivity index (χ4n) is 6.43. The Morgan fingerprint density at radius 2 is 1.84 bits per heavy atom. The number of rotatable bonds is 6. The van der Waals surface area contributed by atoms with Crippen molar-refractivity contribution in [2.24, 2.45) is 7.05 Å². The van der Waals surface area contributed by atoms with Crippen LogP contribution in [0, 0.1) is 19.7 Å². The predicted octanol–water partition coefficient (Wildman–Crippen LogP) is 4.91. The van der Waals surface area contributed by atoms with E-state index in [0.29, 0.717) is 59.4 Å². The first-order valence-electron chi connectivity index (χ1n) is 14.8. The van der Waals surface area contributed by atoms with Gasteiger partial charge in [-0.2, -0.15) is 0 Å². The second-order valence-electron chi connectivity index (χ2n) is 12.9. The molecular weight excluding hydrogens is 589 g/mol. The average molecular weight is 630 g/mol. The molecule has 4 heterocycles. The molecular formula is C32H40FN3O7S. The number of benzene rings is 1. The summed E-state index contributed by atoms with van der Waals surface area (Å²) in [6.45, 7) is 9.84. The van der Waals surface area contributed by atoms with E-state index < -0.39 is 38.6 Å². The highest BCUT2D eigenvalue weighted by Gasteiger charge is 2.36. The van der Waals surface area contributed by atoms with Crippen molar-refractivity contribution in [1.29, 1.82) is 0 Å². The number of likely N-dealkylation sites (tertiary alicyclic amines) is 1. The summed E-state index contributed by atoms with van der Waals surface area (Å²) in [5.74, 6) is -1.84. The number of amides is 1. The zero-order chi connectivity index (χ0) is 32.3. The van der Waals surface area contributed by atoms with Gasteiger partial charge in [-0.1, -0.05) is 0 Å². The molecule has 0 spiro atoms. The molecule has 1 amide bonds. The van der Waals surface area contributed by atoms with Gasteiger partial charge in [-0.05, 0) is 83.6 Å². The summed E-state index contributed by atoms with van der Waals surface area (Å²) in [6.07, 6.45) is 1.82. The van der Waals surface area contributed by atoms with Crippen LogP contribution in [-0.2, 0) is 32.8 Å². The number of aromatic nitrogens is 2. The molecule has 44 heavy (non-hydrogen) atoms. The van der Waals surface area contributed by atoms with Gasteiger partial charge in [0.15, 0.2) is 17.7 Å². The van der Waals surface area contributed by atoms with Crippen LogP contribution in [0.5, 0.6) is 5.75 Å². The van der Waals surface area contributed by atoms with Gasteiger partial charge in [-0.25, -0.2) is 22.6 Å². The molecule has 3 aromatic rings. The molecule has 2 aromatic heterocycles. The van der Waals surface area contributed by atoms with Gasteiger partial charge in [0, 0.05) is 54.2 Å². The Labute approximate surface area is 257 Å². The fourth-order valence-corrected chi connectivity index (χ4v) is 7.49. The lowest BCUT2D eigenvalue weighted by molar-refractivity contribution is -0.160. The average Bonchev–Trinajstić information content (AvgIpc) is 3.27. The number of carbonyl (C=O) groups is 2. The first-order chi connectivity index (χ1) is 20.5. The number of aryl methyl sites for hydroxylation is 2.